The molecule has 116 valence electrons. The Bertz CT molecular complexity index is 489. The summed E-state index contributed by atoms with van der Waals surface area (Å²) in [4.78, 5) is 14.3. The van der Waals surface area contributed by atoms with Gasteiger partial charge in [-0.2, -0.15) is 0 Å². The molecular formula is C15H20ClNO4. The summed E-state index contributed by atoms with van der Waals surface area (Å²) in [6, 6.07) is 6.89. The van der Waals surface area contributed by atoms with Crippen LogP contribution in [0, 0.1) is 0 Å². The van der Waals surface area contributed by atoms with Crippen LogP contribution in [0.5, 0.6) is 5.75 Å². The zero-order valence-electron chi connectivity index (χ0n) is 12.2. The Morgan fingerprint density at radius 2 is 2.14 bits per heavy atom. The van der Waals surface area contributed by atoms with Gasteiger partial charge in [0.2, 0.25) is 0 Å². The number of benzene rings is 1. The standard InChI is InChI=1S/C15H20ClNO4/c1-15(2,21-12-5-3-11(16)4-6-12)14(19)17-7-8-20-13(9-17)10-18/h3-6,13,18H,7-10H2,1-2H3. The van der Waals surface area contributed by atoms with E-state index < -0.39 is 5.60 Å². The summed E-state index contributed by atoms with van der Waals surface area (Å²) in [5, 5.41) is 9.76. The predicted octanol–water partition coefficient (Wildman–Crippen LogP) is 1.72. The number of morpholine rings is 1. The largest absolute Gasteiger partial charge is 0.478 e. The van der Waals surface area contributed by atoms with Crippen LogP contribution >= 0.6 is 11.6 Å². The lowest BCUT2D eigenvalue weighted by Crippen LogP contribution is -2.55. The highest BCUT2D eigenvalue weighted by Crippen LogP contribution is 2.23. The van der Waals surface area contributed by atoms with Crippen molar-refractivity contribution < 1.29 is 19.4 Å². The predicted molar refractivity (Wildman–Crippen MR) is 79.6 cm³/mol. The van der Waals surface area contributed by atoms with Gasteiger partial charge in [-0.05, 0) is 38.1 Å². The zero-order valence-corrected chi connectivity index (χ0v) is 13.0. The first-order valence-corrected chi connectivity index (χ1v) is 7.26. The number of amides is 1. The van der Waals surface area contributed by atoms with E-state index in [9.17, 15) is 4.79 Å². The number of hydrogen-bond donors (Lipinski definition) is 1. The minimum atomic E-state index is -0.995. The lowest BCUT2D eigenvalue weighted by Gasteiger charge is -2.37. The highest BCUT2D eigenvalue weighted by Gasteiger charge is 2.36. The molecule has 2 rings (SSSR count). The smallest absolute Gasteiger partial charge is 0.266 e. The van der Waals surface area contributed by atoms with E-state index in [0.29, 0.717) is 30.5 Å². The number of carbonyl (C=O) groups excluding carboxylic acids is 1. The van der Waals surface area contributed by atoms with Gasteiger partial charge in [0.25, 0.3) is 5.91 Å². The molecule has 6 heteroatoms. The summed E-state index contributed by atoms with van der Waals surface area (Å²) >= 11 is 5.83. The lowest BCUT2D eigenvalue weighted by molar-refractivity contribution is -0.154. The molecule has 1 N–H and O–H groups in total. The number of hydrogen-bond acceptors (Lipinski definition) is 4. The second-order valence-electron chi connectivity index (χ2n) is 5.49. The SMILES string of the molecule is CC(C)(Oc1ccc(Cl)cc1)C(=O)N1CCOC(CO)C1. The fraction of sp³-hybridized carbons (Fsp3) is 0.533. The first-order valence-electron chi connectivity index (χ1n) is 6.89. The molecule has 0 saturated carbocycles. The fourth-order valence-corrected chi connectivity index (χ4v) is 2.36. The Labute approximate surface area is 129 Å². The molecule has 1 saturated heterocycles. The number of aliphatic hydroxyl groups is 1. The number of carbonyl (C=O) groups is 1. The van der Waals surface area contributed by atoms with E-state index in [1.165, 1.54) is 0 Å². The van der Waals surface area contributed by atoms with Crippen molar-refractivity contribution in [3.8, 4) is 5.75 Å². The van der Waals surface area contributed by atoms with Crippen molar-refractivity contribution in [2.45, 2.75) is 25.6 Å². The van der Waals surface area contributed by atoms with Gasteiger partial charge in [-0.15, -0.1) is 0 Å². The van der Waals surface area contributed by atoms with Crippen LogP contribution in [0.3, 0.4) is 0 Å². The molecule has 1 aromatic rings. The minimum absolute atomic E-state index is 0.0950. The molecule has 0 bridgehead atoms. The summed E-state index contributed by atoms with van der Waals surface area (Å²) in [6.45, 7) is 4.67. The minimum Gasteiger partial charge on any atom is -0.478 e. The first-order chi connectivity index (χ1) is 9.92. The highest BCUT2D eigenvalue weighted by molar-refractivity contribution is 6.30. The Morgan fingerprint density at radius 1 is 1.48 bits per heavy atom. The van der Waals surface area contributed by atoms with Crippen molar-refractivity contribution in [2.75, 3.05) is 26.3 Å². The van der Waals surface area contributed by atoms with E-state index in [2.05, 4.69) is 0 Å². The van der Waals surface area contributed by atoms with E-state index in [1.54, 1.807) is 43.0 Å². The number of aliphatic hydroxyl groups excluding tert-OH is 1. The van der Waals surface area contributed by atoms with E-state index in [4.69, 9.17) is 26.2 Å². The third kappa shape index (κ3) is 4.09. The van der Waals surface area contributed by atoms with Gasteiger partial charge >= 0.3 is 0 Å². The molecule has 21 heavy (non-hydrogen) atoms. The molecule has 1 aromatic carbocycles. The van der Waals surface area contributed by atoms with Gasteiger partial charge in [0.05, 0.1) is 19.3 Å². The maximum absolute atomic E-state index is 12.6. The van der Waals surface area contributed by atoms with Crippen molar-refractivity contribution in [1.82, 2.24) is 4.90 Å². The van der Waals surface area contributed by atoms with Crippen molar-refractivity contribution >= 4 is 17.5 Å². The van der Waals surface area contributed by atoms with Gasteiger partial charge in [0.1, 0.15) is 5.75 Å². The third-order valence-electron chi connectivity index (χ3n) is 3.33. The summed E-state index contributed by atoms with van der Waals surface area (Å²) in [5.74, 6) is 0.462. The maximum Gasteiger partial charge on any atom is 0.266 e. The topological polar surface area (TPSA) is 59.0 Å². The highest BCUT2D eigenvalue weighted by atomic mass is 35.5. The van der Waals surface area contributed by atoms with Gasteiger partial charge in [-0.3, -0.25) is 4.79 Å². The van der Waals surface area contributed by atoms with Crippen LogP contribution in [0.4, 0.5) is 0 Å². The van der Waals surface area contributed by atoms with E-state index >= 15 is 0 Å². The van der Waals surface area contributed by atoms with Crippen LogP contribution < -0.4 is 4.74 Å². The normalized spacial score (nSPS) is 19.4. The van der Waals surface area contributed by atoms with Crippen LogP contribution in [0.1, 0.15) is 13.8 Å². The number of ether oxygens (including phenoxy) is 2. The van der Waals surface area contributed by atoms with Gasteiger partial charge in [0.15, 0.2) is 5.60 Å². The van der Waals surface area contributed by atoms with Crippen LogP contribution in [0.2, 0.25) is 5.02 Å². The fourth-order valence-electron chi connectivity index (χ4n) is 2.24. The Balaban J connectivity index is 2.03. The van der Waals surface area contributed by atoms with Gasteiger partial charge < -0.3 is 19.5 Å². The molecular weight excluding hydrogens is 294 g/mol. The van der Waals surface area contributed by atoms with Gasteiger partial charge in [-0.1, -0.05) is 11.6 Å². The molecule has 0 spiro atoms. The average molecular weight is 314 g/mol. The summed E-state index contributed by atoms with van der Waals surface area (Å²) in [5.41, 5.74) is -0.995. The number of rotatable bonds is 4. The molecule has 1 aliphatic rings. The molecule has 0 aromatic heterocycles. The first kappa shape index (κ1) is 16.1. The summed E-state index contributed by atoms with van der Waals surface area (Å²) in [7, 11) is 0. The number of nitrogens with zero attached hydrogens (tertiary/aromatic N) is 1. The quantitative estimate of drug-likeness (QED) is 0.919. The maximum atomic E-state index is 12.6. The molecule has 1 amide bonds. The molecule has 1 fully saturated rings. The second-order valence-corrected chi connectivity index (χ2v) is 5.93. The van der Waals surface area contributed by atoms with Crippen LogP contribution in [-0.2, 0) is 9.53 Å². The summed E-state index contributed by atoms with van der Waals surface area (Å²) < 4.78 is 11.1. The number of halogens is 1. The third-order valence-corrected chi connectivity index (χ3v) is 3.58. The van der Waals surface area contributed by atoms with Crippen LogP contribution in [0.15, 0.2) is 24.3 Å². The Kier molecular flexibility index (Phi) is 5.08. The molecule has 0 aliphatic carbocycles. The Morgan fingerprint density at radius 3 is 2.76 bits per heavy atom. The molecule has 0 radical (unpaired) electrons. The Hall–Kier alpha value is -1.30. The van der Waals surface area contributed by atoms with E-state index in [1.807, 2.05) is 0 Å². The van der Waals surface area contributed by atoms with Crippen molar-refractivity contribution in [3.63, 3.8) is 0 Å². The van der Waals surface area contributed by atoms with Gasteiger partial charge in [-0.25, -0.2) is 0 Å². The van der Waals surface area contributed by atoms with Gasteiger partial charge in [0, 0.05) is 18.1 Å². The molecule has 1 heterocycles. The van der Waals surface area contributed by atoms with Crippen molar-refractivity contribution in [3.05, 3.63) is 29.3 Å². The summed E-state index contributed by atoms with van der Waals surface area (Å²) in [6.07, 6.45) is -0.325. The van der Waals surface area contributed by atoms with Crippen molar-refractivity contribution in [1.29, 1.82) is 0 Å². The zero-order chi connectivity index (χ0) is 15.5. The molecule has 1 atom stereocenters. The van der Waals surface area contributed by atoms with E-state index in [0.717, 1.165) is 0 Å². The van der Waals surface area contributed by atoms with E-state index in [-0.39, 0.29) is 18.6 Å². The van der Waals surface area contributed by atoms with Crippen LogP contribution in [0.25, 0.3) is 0 Å². The lowest BCUT2D eigenvalue weighted by atomic mass is 10.1. The molecule has 1 aliphatic heterocycles. The monoisotopic (exact) mass is 313 g/mol. The molecule has 5 nitrogen and oxygen atoms in total. The van der Waals surface area contributed by atoms with Crippen molar-refractivity contribution in [2.24, 2.45) is 0 Å². The average Bonchev–Trinajstić information content (AvgIpc) is 2.48. The second kappa shape index (κ2) is 6.64. The van der Waals surface area contributed by atoms with Crippen LogP contribution in [-0.4, -0.2) is 53.9 Å². The molecule has 1 unspecified atom stereocenters.